The van der Waals surface area contributed by atoms with Gasteiger partial charge in [-0.15, -0.1) is 11.8 Å². The molecule has 0 unspecified atom stereocenters. The van der Waals surface area contributed by atoms with Gasteiger partial charge in [0, 0.05) is 35.7 Å². The van der Waals surface area contributed by atoms with Gasteiger partial charge in [-0.2, -0.15) is 0 Å². The van der Waals surface area contributed by atoms with Crippen molar-refractivity contribution in [1.82, 2.24) is 10.6 Å². The molecule has 132 valence electrons. The van der Waals surface area contributed by atoms with Crippen molar-refractivity contribution in [1.29, 1.82) is 0 Å². The first-order valence-electron chi connectivity index (χ1n) is 8.05. The molecule has 2 amide bonds. The van der Waals surface area contributed by atoms with Crippen LogP contribution < -0.4 is 10.6 Å². The molecule has 0 atom stereocenters. The van der Waals surface area contributed by atoms with E-state index in [0.717, 1.165) is 4.90 Å². The first-order valence-corrected chi connectivity index (χ1v) is 9.04. The lowest BCUT2D eigenvalue weighted by atomic mass is 10.1. The Morgan fingerprint density at radius 2 is 1.76 bits per heavy atom. The lowest BCUT2D eigenvalue weighted by Crippen LogP contribution is -2.34. The summed E-state index contributed by atoms with van der Waals surface area (Å²) in [6.45, 7) is 2.28. The maximum Gasteiger partial charge on any atom is 0.251 e. The highest BCUT2D eigenvalue weighted by Gasteiger charge is 2.08. The van der Waals surface area contributed by atoms with E-state index in [9.17, 15) is 14.0 Å². The molecule has 2 rings (SSSR count). The van der Waals surface area contributed by atoms with Crippen LogP contribution in [0.25, 0.3) is 0 Å². The molecule has 2 aromatic carbocycles. The van der Waals surface area contributed by atoms with Crippen molar-refractivity contribution in [3.8, 4) is 0 Å². The molecule has 0 aliphatic rings. The van der Waals surface area contributed by atoms with Crippen LogP contribution in [0.15, 0.2) is 53.4 Å². The molecular formula is C19H21FN2O2S. The second-order valence-electron chi connectivity index (χ2n) is 5.48. The minimum absolute atomic E-state index is 0.0564. The van der Waals surface area contributed by atoms with Crippen LogP contribution in [0, 0.1) is 12.7 Å². The molecule has 2 aromatic rings. The minimum atomic E-state index is -0.406. The fourth-order valence-corrected chi connectivity index (χ4v) is 2.95. The average Bonchev–Trinajstić information content (AvgIpc) is 2.62. The third-order valence-corrected chi connectivity index (χ3v) is 4.52. The summed E-state index contributed by atoms with van der Waals surface area (Å²) in [5.41, 5.74) is 0.769. The number of hydrogen-bond acceptors (Lipinski definition) is 3. The first-order chi connectivity index (χ1) is 12.1. The number of amides is 2. The Morgan fingerprint density at radius 1 is 1.04 bits per heavy atom. The third kappa shape index (κ3) is 6.58. The number of hydrogen-bond donors (Lipinski definition) is 2. The number of nitrogens with one attached hydrogen (secondary N) is 2. The fraction of sp³-hybridized carbons (Fsp3) is 0.263. The van der Waals surface area contributed by atoms with Crippen LogP contribution >= 0.6 is 11.8 Å². The Bertz CT molecular complexity index is 723. The second kappa shape index (κ2) is 9.84. The van der Waals surface area contributed by atoms with E-state index in [2.05, 4.69) is 10.6 Å². The number of thioether (sulfide) groups is 1. The number of benzene rings is 2. The van der Waals surface area contributed by atoms with Gasteiger partial charge >= 0.3 is 0 Å². The Labute approximate surface area is 151 Å². The molecule has 0 saturated heterocycles. The maximum absolute atomic E-state index is 13.4. The van der Waals surface area contributed by atoms with Crippen LogP contribution in [0.4, 0.5) is 4.39 Å². The summed E-state index contributed by atoms with van der Waals surface area (Å²) in [7, 11) is 0. The molecule has 2 N–H and O–H groups in total. The smallest absolute Gasteiger partial charge is 0.251 e. The third-order valence-electron chi connectivity index (χ3n) is 3.51. The molecule has 0 spiro atoms. The van der Waals surface area contributed by atoms with Crippen LogP contribution in [0.5, 0.6) is 0 Å². The van der Waals surface area contributed by atoms with Crippen molar-refractivity contribution in [2.75, 3.05) is 18.8 Å². The molecule has 0 fully saturated rings. The molecule has 0 saturated carbocycles. The number of aryl methyl sites for hydroxylation is 1. The number of carbonyl (C=O) groups excluding carboxylic acids is 2. The SMILES string of the molecule is Cc1ccc(C(=O)NCCNC(=O)CCSc2ccccc2)cc1F. The zero-order chi connectivity index (χ0) is 18.1. The summed E-state index contributed by atoms with van der Waals surface area (Å²) < 4.78 is 13.4. The lowest BCUT2D eigenvalue weighted by Gasteiger charge is -2.08. The van der Waals surface area contributed by atoms with Crippen molar-refractivity contribution >= 4 is 23.6 Å². The molecule has 0 aromatic heterocycles. The van der Waals surface area contributed by atoms with Crippen LogP contribution in [-0.4, -0.2) is 30.7 Å². The van der Waals surface area contributed by atoms with E-state index in [0.29, 0.717) is 30.8 Å². The first kappa shape index (κ1) is 19.0. The Balaban J connectivity index is 1.61. The molecule has 0 radical (unpaired) electrons. The molecule has 6 heteroatoms. The summed E-state index contributed by atoms with van der Waals surface area (Å²) in [5.74, 6) is -0.117. The van der Waals surface area contributed by atoms with Gasteiger partial charge in [-0.3, -0.25) is 9.59 Å². The highest BCUT2D eigenvalue weighted by atomic mass is 32.2. The average molecular weight is 360 g/mol. The van der Waals surface area contributed by atoms with Gasteiger partial charge in [0.05, 0.1) is 0 Å². The van der Waals surface area contributed by atoms with Crippen LogP contribution in [0.2, 0.25) is 0 Å². The molecule has 0 heterocycles. The molecule has 4 nitrogen and oxygen atoms in total. The summed E-state index contributed by atoms with van der Waals surface area (Å²) in [5, 5.41) is 5.41. The van der Waals surface area contributed by atoms with Crippen molar-refractivity contribution in [2.45, 2.75) is 18.2 Å². The highest BCUT2D eigenvalue weighted by molar-refractivity contribution is 7.99. The standard InChI is InChI=1S/C19H21FN2O2S/c1-14-7-8-15(13-17(14)20)19(24)22-11-10-21-18(23)9-12-25-16-5-3-2-4-6-16/h2-8,13H,9-12H2,1H3,(H,21,23)(H,22,24). The van der Waals surface area contributed by atoms with Crippen LogP contribution in [-0.2, 0) is 4.79 Å². The predicted molar refractivity (Wildman–Crippen MR) is 98.3 cm³/mol. The van der Waals surface area contributed by atoms with Gasteiger partial charge in [-0.05, 0) is 36.8 Å². The second-order valence-corrected chi connectivity index (χ2v) is 6.65. The van der Waals surface area contributed by atoms with Crippen molar-refractivity contribution in [2.24, 2.45) is 0 Å². The van der Waals surface area contributed by atoms with E-state index >= 15 is 0 Å². The van der Waals surface area contributed by atoms with Gasteiger partial charge < -0.3 is 10.6 Å². The van der Waals surface area contributed by atoms with Crippen molar-refractivity contribution in [3.63, 3.8) is 0 Å². The quantitative estimate of drug-likeness (QED) is 0.562. The van der Waals surface area contributed by atoms with Gasteiger partial charge in [-0.25, -0.2) is 4.39 Å². The number of halogens is 1. The van der Waals surface area contributed by atoms with E-state index in [1.165, 1.54) is 6.07 Å². The Hall–Kier alpha value is -2.34. The normalized spacial score (nSPS) is 10.3. The van der Waals surface area contributed by atoms with Gasteiger partial charge in [0.25, 0.3) is 5.91 Å². The predicted octanol–water partition coefficient (Wildman–Crippen LogP) is 3.16. The molecule has 0 aliphatic carbocycles. The Kier molecular flexibility index (Phi) is 7.47. The van der Waals surface area contributed by atoms with E-state index < -0.39 is 5.82 Å². The zero-order valence-electron chi connectivity index (χ0n) is 14.0. The molecule has 25 heavy (non-hydrogen) atoms. The maximum atomic E-state index is 13.4. The van der Waals surface area contributed by atoms with Crippen molar-refractivity contribution < 1.29 is 14.0 Å². The van der Waals surface area contributed by atoms with Crippen LogP contribution in [0.3, 0.4) is 0 Å². The summed E-state index contributed by atoms with van der Waals surface area (Å²) in [4.78, 5) is 24.8. The van der Waals surface area contributed by atoms with E-state index in [4.69, 9.17) is 0 Å². The molecule has 0 aliphatic heterocycles. The summed E-state index contributed by atoms with van der Waals surface area (Å²) in [6.07, 6.45) is 0.413. The minimum Gasteiger partial charge on any atom is -0.354 e. The van der Waals surface area contributed by atoms with E-state index in [1.54, 1.807) is 30.8 Å². The summed E-state index contributed by atoms with van der Waals surface area (Å²) in [6, 6.07) is 14.2. The Morgan fingerprint density at radius 3 is 2.48 bits per heavy atom. The largest absolute Gasteiger partial charge is 0.354 e. The monoisotopic (exact) mass is 360 g/mol. The fourth-order valence-electron chi connectivity index (χ4n) is 2.08. The van der Waals surface area contributed by atoms with Gasteiger partial charge in [0.2, 0.25) is 5.91 Å². The number of carbonyl (C=O) groups is 2. The topological polar surface area (TPSA) is 58.2 Å². The van der Waals surface area contributed by atoms with Gasteiger partial charge in [-0.1, -0.05) is 24.3 Å². The lowest BCUT2D eigenvalue weighted by molar-refractivity contribution is -0.120. The summed E-state index contributed by atoms with van der Waals surface area (Å²) >= 11 is 1.63. The number of rotatable bonds is 8. The van der Waals surface area contributed by atoms with Crippen molar-refractivity contribution in [3.05, 3.63) is 65.5 Å². The van der Waals surface area contributed by atoms with Gasteiger partial charge in [0.1, 0.15) is 5.82 Å². The van der Waals surface area contributed by atoms with Crippen LogP contribution in [0.1, 0.15) is 22.3 Å². The van der Waals surface area contributed by atoms with E-state index in [-0.39, 0.29) is 17.4 Å². The van der Waals surface area contributed by atoms with Gasteiger partial charge in [0.15, 0.2) is 0 Å². The molecule has 0 bridgehead atoms. The van der Waals surface area contributed by atoms with E-state index in [1.807, 2.05) is 30.3 Å². The zero-order valence-corrected chi connectivity index (χ0v) is 14.9. The molecular weight excluding hydrogens is 339 g/mol. The highest BCUT2D eigenvalue weighted by Crippen LogP contribution is 2.17.